The molecule has 12 heteroatoms. The highest BCUT2D eigenvalue weighted by atomic mass is 16.7. The van der Waals surface area contributed by atoms with Crippen LogP contribution in [0.1, 0.15) is 219 Å². The van der Waals surface area contributed by atoms with Gasteiger partial charge in [-0.2, -0.15) is 0 Å². The second-order valence-electron chi connectivity index (χ2n) is 21.4. The molecular formula is C58H97N3O9. The molecule has 1 heterocycles. The zero-order valence-corrected chi connectivity index (χ0v) is 44.8. The summed E-state index contributed by atoms with van der Waals surface area (Å²) in [5.41, 5.74) is 1.96. The minimum Gasteiger partial charge on any atom is -0.459 e. The Hall–Kier alpha value is -3.61. The summed E-state index contributed by atoms with van der Waals surface area (Å²) in [7, 11) is 1.76. The number of aliphatic hydroxyl groups is 2. The number of allylic oxidation sites excluding steroid dienone is 1. The maximum absolute atomic E-state index is 14.3. The fourth-order valence-electron chi connectivity index (χ4n) is 10.9. The molecule has 0 radical (unpaired) electrons. The Balaban J connectivity index is 1.66. The molecule has 2 aliphatic carbocycles. The van der Waals surface area contributed by atoms with Gasteiger partial charge in [0.25, 0.3) is 0 Å². The maximum atomic E-state index is 14.3. The molecule has 6 unspecified atom stereocenters. The molecule has 3 aliphatic rings. The van der Waals surface area contributed by atoms with E-state index in [1.54, 1.807) is 24.1 Å². The van der Waals surface area contributed by atoms with E-state index in [0.717, 1.165) is 68.9 Å². The summed E-state index contributed by atoms with van der Waals surface area (Å²) in [6, 6.07) is 4.89. The fraction of sp³-hybridized carbons (Fsp3) is 0.776. The molecule has 0 bridgehead atoms. The number of amides is 2. The van der Waals surface area contributed by atoms with Crippen LogP contribution in [0.4, 0.5) is 9.59 Å². The quantitative estimate of drug-likeness (QED) is 0.0339. The molecule has 3 N–H and O–H groups in total. The Bertz CT molecular complexity index is 1730. The highest BCUT2D eigenvalue weighted by Gasteiger charge is 2.65. The Morgan fingerprint density at radius 1 is 0.829 bits per heavy atom. The van der Waals surface area contributed by atoms with Gasteiger partial charge in [0.1, 0.15) is 23.1 Å². The third-order valence-corrected chi connectivity index (χ3v) is 14.6. The van der Waals surface area contributed by atoms with Gasteiger partial charge in [0.05, 0.1) is 24.8 Å². The lowest BCUT2D eigenvalue weighted by Crippen LogP contribution is -2.69. The average Bonchev–Trinajstić information content (AvgIpc) is 3.34. The molecule has 1 aromatic rings. The summed E-state index contributed by atoms with van der Waals surface area (Å²) >= 11 is 0. The SMILES string of the molecule is C=CCOC12Oc3ccc(OC(=O)NCCCCCCCCCCCC)cc3C3C(CCCCO)C(CCCCO)C=C(C(=NOC(C)(C)C)CC1N(C)C(=O)OCCCCCCCCCCCC)C32. The first-order valence-corrected chi connectivity index (χ1v) is 28.1. The summed E-state index contributed by atoms with van der Waals surface area (Å²) in [5.74, 6) is -1.02. The first kappa shape index (κ1) is 59.0. The van der Waals surface area contributed by atoms with E-state index in [1.807, 2.05) is 32.9 Å². The number of fused-ring (bicyclic) bond motifs is 2. The summed E-state index contributed by atoms with van der Waals surface area (Å²) in [6.45, 7) is 15.6. The lowest BCUT2D eigenvalue weighted by atomic mass is 9.55. The van der Waals surface area contributed by atoms with Crippen LogP contribution >= 0.6 is 0 Å². The first-order valence-electron chi connectivity index (χ1n) is 28.1. The minimum atomic E-state index is -1.40. The fourth-order valence-corrected chi connectivity index (χ4v) is 10.9. The number of oxime groups is 1. The van der Waals surface area contributed by atoms with Gasteiger partial charge in [-0.25, -0.2) is 9.59 Å². The molecule has 2 amide bonds. The third kappa shape index (κ3) is 18.8. The molecule has 1 saturated carbocycles. The van der Waals surface area contributed by atoms with Gasteiger partial charge in [0.2, 0.25) is 5.79 Å². The zero-order valence-electron chi connectivity index (χ0n) is 44.8. The lowest BCUT2D eigenvalue weighted by Gasteiger charge is -2.59. The van der Waals surface area contributed by atoms with Gasteiger partial charge in [-0.1, -0.05) is 160 Å². The predicted octanol–water partition coefficient (Wildman–Crippen LogP) is 14.1. The van der Waals surface area contributed by atoms with E-state index in [1.165, 1.54) is 96.3 Å². The van der Waals surface area contributed by atoms with Crippen LogP contribution in [0.15, 0.2) is 47.7 Å². The number of aliphatic hydroxyl groups excluding tert-OH is 2. The van der Waals surface area contributed by atoms with Gasteiger partial charge in [0.15, 0.2) is 0 Å². The van der Waals surface area contributed by atoms with Crippen LogP contribution < -0.4 is 14.8 Å². The number of nitrogens with one attached hydrogen (secondary N) is 1. The number of benzene rings is 1. The van der Waals surface area contributed by atoms with Crippen molar-refractivity contribution >= 4 is 17.9 Å². The summed E-state index contributed by atoms with van der Waals surface area (Å²) in [6.07, 6.45) is 32.0. The monoisotopic (exact) mass is 980 g/mol. The maximum Gasteiger partial charge on any atom is 0.412 e. The molecule has 0 aromatic heterocycles. The summed E-state index contributed by atoms with van der Waals surface area (Å²) < 4.78 is 26.3. The highest BCUT2D eigenvalue weighted by Crippen LogP contribution is 2.62. The predicted molar refractivity (Wildman–Crippen MR) is 283 cm³/mol. The van der Waals surface area contributed by atoms with Crippen LogP contribution in [0, 0.1) is 17.8 Å². The molecule has 1 aromatic carbocycles. The second kappa shape index (κ2) is 32.5. The second-order valence-corrected chi connectivity index (χ2v) is 21.4. The van der Waals surface area contributed by atoms with E-state index in [4.69, 9.17) is 28.9 Å². The van der Waals surface area contributed by atoms with Crippen molar-refractivity contribution in [3.8, 4) is 11.5 Å². The van der Waals surface area contributed by atoms with Crippen molar-refractivity contribution in [3.05, 3.63) is 48.1 Å². The number of carbonyl (C=O) groups excluding carboxylic acids is 2. The van der Waals surface area contributed by atoms with Crippen molar-refractivity contribution in [3.63, 3.8) is 0 Å². The topological polar surface area (TPSA) is 148 Å². The van der Waals surface area contributed by atoms with Gasteiger partial charge in [-0.3, -0.25) is 0 Å². The van der Waals surface area contributed by atoms with Gasteiger partial charge >= 0.3 is 12.2 Å². The van der Waals surface area contributed by atoms with Crippen LogP contribution in [-0.4, -0.2) is 90.5 Å². The number of hydrogen-bond donors (Lipinski definition) is 3. The van der Waals surface area contributed by atoms with Crippen LogP contribution in [0.5, 0.6) is 11.5 Å². The molecule has 1 aliphatic heterocycles. The largest absolute Gasteiger partial charge is 0.459 e. The standard InChI is InChI=1S/C58H97N3O9/c1-8-11-13-15-17-19-21-23-25-29-37-59-55(64)68-46-35-36-51-49(43-46)53-47(34-28-31-39-63)45(33-27-30-38-62)42-48-50(60-70-57(4,5)6)44-52(58(69-51,54(48)53)67-40-10-3)61(7)56(65)66-41-32-26-24-22-20-18-16-14-12-9-2/h10,35-36,42-43,45,47,52-54,62-63H,3,8-9,11-34,37-41,44H2,1-2,4-7H3,(H,59,64). The number of nitrogens with zero attached hydrogens (tertiary/aromatic N) is 2. The van der Waals surface area contributed by atoms with E-state index < -0.39 is 35.5 Å². The van der Waals surface area contributed by atoms with Crippen molar-refractivity contribution in [2.75, 3.05) is 40.0 Å². The van der Waals surface area contributed by atoms with Crippen LogP contribution in [0.3, 0.4) is 0 Å². The van der Waals surface area contributed by atoms with Crippen LogP contribution in [0.25, 0.3) is 0 Å². The molecule has 12 nitrogen and oxygen atoms in total. The average molecular weight is 980 g/mol. The molecule has 70 heavy (non-hydrogen) atoms. The molecule has 6 atom stereocenters. The van der Waals surface area contributed by atoms with E-state index in [9.17, 15) is 19.8 Å². The van der Waals surface area contributed by atoms with E-state index in [-0.39, 0.29) is 44.0 Å². The zero-order chi connectivity index (χ0) is 50.6. The van der Waals surface area contributed by atoms with E-state index in [2.05, 4.69) is 31.8 Å². The lowest BCUT2D eigenvalue weighted by molar-refractivity contribution is -0.253. The van der Waals surface area contributed by atoms with Gasteiger partial charge < -0.3 is 44.2 Å². The van der Waals surface area contributed by atoms with E-state index in [0.29, 0.717) is 43.2 Å². The van der Waals surface area contributed by atoms with Gasteiger partial charge in [0, 0.05) is 44.7 Å². The smallest absolute Gasteiger partial charge is 0.412 e. The van der Waals surface area contributed by atoms with Crippen molar-refractivity contribution < 1.29 is 43.6 Å². The first-order chi connectivity index (χ1) is 33.9. The van der Waals surface area contributed by atoms with Crippen molar-refractivity contribution in [2.45, 2.75) is 231 Å². The molecule has 0 spiro atoms. The molecule has 1 fully saturated rings. The van der Waals surface area contributed by atoms with Crippen LogP contribution in [-0.2, 0) is 14.3 Å². The molecule has 0 saturated heterocycles. The number of ether oxygens (including phenoxy) is 4. The highest BCUT2D eigenvalue weighted by molar-refractivity contribution is 6.03. The normalized spacial score (nSPS) is 22.1. The van der Waals surface area contributed by atoms with Crippen molar-refractivity contribution in [1.29, 1.82) is 0 Å². The van der Waals surface area contributed by atoms with Crippen molar-refractivity contribution in [2.24, 2.45) is 22.9 Å². The number of likely N-dealkylation sites (N-methyl/N-ethyl adjacent to an activating group) is 1. The minimum absolute atomic E-state index is 0.0332. The number of unbranched alkanes of at least 4 members (excludes halogenated alkanes) is 20. The Labute approximate surface area is 424 Å². The molecule has 4 rings (SSSR count). The Morgan fingerprint density at radius 3 is 2.00 bits per heavy atom. The number of carbonyl (C=O) groups is 2. The number of rotatable bonds is 36. The summed E-state index contributed by atoms with van der Waals surface area (Å²) in [4.78, 5) is 35.5. The Morgan fingerprint density at radius 2 is 1.41 bits per heavy atom. The number of hydrogen-bond acceptors (Lipinski definition) is 10. The van der Waals surface area contributed by atoms with Gasteiger partial charge in [-0.05, 0) is 94.9 Å². The molecular weight excluding hydrogens is 883 g/mol. The van der Waals surface area contributed by atoms with Crippen LogP contribution in [0.2, 0.25) is 0 Å². The Kier molecular flexibility index (Phi) is 27.3. The molecule has 398 valence electrons. The third-order valence-electron chi connectivity index (χ3n) is 14.6. The van der Waals surface area contributed by atoms with E-state index >= 15 is 0 Å². The summed E-state index contributed by atoms with van der Waals surface area (Å²) in [5, 5.41) is 27.8. The van der Waals surface area contributed by atoms with Crippen molar-refractivity contribution in [1.82, 2.24) is 10.2 Å². The van der Waals surface area contributed by atoms with Gasteiger partial charge in [-0.15, -0.1) is 6.58 Å².